The maximum Gasteiger partial charge on any atom is 0.0577 e. The first-order chi connectivity index (χ1) is 14.4. The van der Waals surface area contributed by atoms with Crippen molar-refractivity contribution in [2.75, 3.05) is 13.1 Å². The zero-order valence-corrected chi connectivity index (χ0v) is 19.5. The van der Waals surface area contributed by atoms with Crippen molar-refractivity contribution in [1.29, 1.82) is 0 Å². The van der Waals surface area contributed by atoms with Gasteiger partial charge in [-0.25, -0.2) is 0 Å². The van der Waals surface area contributed by atoms with Crippen molar-refractivity contribution in [3.05, 3.63) is 0 Å². The highest BCUT2D eigenvalue weighted by atomic mass is 16.3. The van der Waals surface area contributed by atoms with Gasteiger partial charge in [0.05, 0.1) is 12.2 Å². The minimum Gasteiger partial charge on any atom is -0.393 e. The Hall–Kier alpha value is -0.120. The third kappa shape index (κ3) is 2.86. The number of piperidine rings is 2. The molecular formula is C27H45NO2. The first kappa shape index (κ1) is 20.5. The van der Waals surface area contributed by atoms with Crippen molar-refractivity contribution in [2.24, 2.45) is 58.7 Å². The molecule has 6 rings (SSSR count). The van der Waals surface area contributed by atoms with Crippen LogP contribution in [0.2, 0.25) is 0 Å². The SMILES string of the molecule is C[C@@H]1CC[C@@H]2[C@H](C)[C@@H]3CC[C@@H]4[C@H](C[C@@H]5[C@@H]4C[C@H](O)[C@H]4C[C@@H](O)CC[C@]54C)[C@H]3CN2C1. The van der Waals surface area contributed by atoms with Crippen LogP contribution in [0, 0.1) is 58.7 Å². The molecule has 0 aromatic rings. The fourth-order valence-corrected chi connectivity index (χ4v) is 10.6. The number of hydrogen-bond donors (Lipinski definition) is 2. The molecule has 30 heavy (non-hydrogen) atoms. The number of aliphatic hydroxyl groups is 2. The predicted octanol–water partition coefficient (Wildman–Crippen LogP) is 4.56. The first-order valence-corrected chi connectivity index (χ1v) is 13.5. The molecule has 4 saturated carbocycles. The highest BCUT2D eigenvalue weighted by Gasteiger charge is 2.62. The van der Waals surface area contributed by atoms with Crippen molar-refractivity contribution >= 4 is 0 Å². The van der Waals surface area contributed by atoms with Crippen LogP contribution in [0.3, 0.4) is 0 Å². The molecule has 4 aliphatic carbocycles. The van der Waals surface area contributed by atoms with Crippen LogP contribution < -0.4 is 0 Å². The second-order valence-corrected chi connectivity index (χ2v) is 13.1. The lowest BCUT2D eigenvalue weighted by atomic mass is 9.51. The topological polar surface area (TPSA) is 43.7 Å². The normalized spacial score (nSPS) is 60.7. The second kappa shape index (κ2) is 7.19. The number of rotatable bonds is 0. The molecule has 2 heterocycles. The number of nitrogens with zero attached hydrogens (tertiary/aromatic N) is 1. The second-order valence-electron chi connectivity index (χ2n) is 13.1. The largest absolute Gasteiger partial charge is 0.393 e. The van der Waals surface area contributed by atoms with E-state index in [9.17, 15) is 10.2 Å². The summed E-state index contributed by atoms with van der Waals surface area (Å²) in [4.78, 5) is 2.92. The molecule has 2 aliphatic heterocycles. The van der Waals surface area contributed by atoms with Gasteiger partial charge in [0.25, 0.3) is 0 Å². The molecule has 2 N–H and O–H groups in total. The molecule has 6 aliphatic rings. The molecule has 0 aromatic heterocycles. The van der Waals surface area contributed by atoms with Gasteiger partial charge >= 0.3 is 0 Å². The highest BCUT2D eigenvalue weighted by Crippen LogP contribution is 2.67. The molecule has 3 nitrogen and oxygen atoms in total. The van der Waals surface area contributed by atoms with Gasteiger partial charge in [0, 0.05) is 19.1 Å². The van der Waals surface area contributed by atoms with Crippen LogP contribution in [0.1, 0.15) is 78.6 Å². The van der Waals surface area contributed by atoms with Crippen LogP contribution in [0.5, 0.6) is 0 Å². The standard InChI is InChI=1S/C27H45NO2/c1-15-4-7-25-16(2)18-5-6-19-20(22(18)14-28(25)13-15)11-23-21(19)12-26(30)24-10-17(29)8-9-27(23,24)3/h15-26,29-30H,4-14H2,1-3H3/t15-,16-,17+,18+,19-,20+,21-,22+,23-,24-,25-,26+,27-/m1/s1. The van der Waals surface area contributed by atoms with E-state index in [4.69, 9.17) is 0 Å². The first-order valence-electron chi connectivity index (χ1n) is 13.5. The quantitative estimate of drug-likeness (QED) is 0.609. The van der Waals surface area contributed by atoms with Gasteiger partial charge in [-0.05, 0) is 116 Å². The van der Waals surface area contributed by atoms with E-state index in [1.54, 1.807) is 0 Å². The van der Waals surface area contributed by atoms with Crippen LogP contribution in [0.25, 0.3) is 0 Å². The van der Waals surface area contributed by atoms with Gasteiger partial charge in [-0.2, -0.15) is 0 Å². The molecule has 170 valence electrons. The van der Waals surface area contributed by atoms with Crippen molar-refractivity contribution in [2.45, 2.75) is 96.8 Å². The predicted molar refractivity (Wildman–Crippen MR) is 120 cm³/mol. The van der Waals surface area contributed by atoms with Gasteiger partial charge in [-0.3, -0.25) is 4.90 Å². The summed E-state index contributed by atoms with van der Waals surface area (Å²) in [5.41, 5.74) is 0.261. The Morgan fingerprint density at radius 1 is 0.733 bits per heavy atom. The van der Waals surface area contributed by atoms with Crippen molar-refractivity contribution in [3.63, 3.8) is 0 Å². The van der Waals surface area contributed by atoms with Gasteiger partial charge in [-0.15, -0.1) is 0 Å². The molecule has 0 spiro atoms. The Morgan fingerprint density at radius 2 is 1.53 bits per heavy atom. The average molecular weight is 416 g/mol. The summed E-state index contributed by atoms with van der Waals surface area (Å²) in [6.07, 6.45) is 10.7. The monoisotopic (exact) mass is 415 g/mol. The van der Waals surface area contributed by atoms with Crippen molar-refractivity contribution < 1.29 is 10.2 Å². The molecule has 0 unspecified atom stereocenters. The summed E-state index contributed by atoms with van der Waals surface area (Å²) >= 11 is 0. The number of aliphatic hydroxyl groups excluding tert-OH is 2. The van der Waals surface area contributed by atoms with Crippen molar-refractivity contribution in [3.8, 4) is 0 Å². The molecule has 0 aromatic carbocycles. The number of hydrogen-bond acceptors (Lipinski definition) is 3. The van der Waals surface area contributed by atoms with Crippen molar-refractivity contribution in [1.82, 2.24) is 4.90 Å². The highest BCUT2D eigenvalue weighted by molar-refractivity contribution is 5.12. The summed E-state index contributed by atoms with van der Waals surface area (Å²) in [5.74, 6) is 7.22. The van der Waals surface area contributed by atoms with E-state index in [1.807, 2.05) is 0 Å². The van der Waals surface area contributed by atoms with E-state index < -0.39 is 0 Å². The smallest absolute Gasteiger partial charge is 0.0577 e. The average Bonchev–Trinajstić information content (AvgIpc) is 3.09. The maximum atomic E-state index is 11.2. The van der Waals surface area contributed by atoms with Gasteiger partial charge in [0.1, 0.15) is 0 Å². The summed E-state index contributed by atoms with van der Waals surface area (Å²) in [7, 11) is 0. The van der Waals surface area contributed by atoms with E-state index in [2.05, 4.69) is 25.7 Å². The van der Waals surface area contributed by atoms with Crippen LogP contribution in [-0.4, -0.2) is 46.5 Å². The summed E-state index contributed by atoms with van der Waals surface area (Å²) < 4.78 is 0. The third-order valence-electron chi connectivity index (χ3n) is 12.0. The van der Waals surface area contributed by atoms with Crippen LogP contribution >= 0.6 is 0 Å². The fraction of sp³-hybridized carbons (Fsp3) is 1.00. The van der Waals surface area contributed by atoms with Crippen LogP contribution in [0.4, 0.5) is 0 Å². The molecule has 13 atom stereocenters. The lowest BCUT2D eigenvalue weighted by molar-refractivity contribution is -0.130. The number of fused-ring (bicyclic) bond motifs is 8. The van der Waals surface area contributed by atoms with Crippen LogP contribution in [0.15, 0.2) is 0 Å². The summed E-state index contributed by atoms with van der Waals surface area (Å²) in [6.45, 7) is 10.3. The minimum atomic E-state index is -0.181. The van der Waals surface area contributed by atoms with Gasteiger partial charge in [0.2, 0.25) is 0 Å². The van der Waals surface area contributed by atoms with E-state index in [1.165, 1.54) is 45.2 Å². The molecule has 0 radical (unpaired) electrons. The zero-order chi connectivity index (χ0) is 20.8. The lowest BCUT2D eigenvalue weighted by Crippen LogP contribution is -2.58. The fourth-order valence-electron chi connectivity index (χ4n) is 10.6. The molecule has 2 saturated heterocycles. The maximum absolute atomic E-state index is 11.2. The Balaban J connectivity index is 1.28. The molecule has 0 amide bonds. The summed E-state index contributed by atoms with van der Waals surface area (Å²) in [6, 6.07) is 0.853. The zero-order valence-electron chi connectivity index (χ0n) is 19.5. The summed E-state index contributed by atoms with van der Waals surface area (Å²) in [5, 5.41) is 21.5. The third-order valence-corrected chi connectivity index (χ3v) is 12.0. The van der Waals surface area contributed by atoms with Crippen LogP contribution in [-0.2, 0) is 0 Å². The Morgan fingerprint density at radius 3 is 2.37 bits per heavy atom. The Bertz CT molecular complexity index is 665. The van der Waals surface area contributed by atoms with Gasteiger partial charge in [-0.1, -0.05) is 20.8 Å². The van der Waals surface area contributed by atoms with E-state index in [0.29, 0.717) is 5.92 Å². The Kier molecular flexibility index (Phi) is 4.91. The van der Waals surface area contributed by atoms with E-state index in [-0.39, 0.29) is 17.6 Å². The van der Waals surface area contributed by atoms with E-state index in [0.717, 1.165) is 79.1 Å². The minimum absolute atomic E-state index is 0.180. The molecular weight excluding hydrogens is 370 g/mol. The van der Waals surface area contributed by atoms with Gasteiger partial charge in [0.15, 0.2) is 0 Å². The lowest BCUT2D eigenvalue weighted by Gasteiger charge is -2.56. The molecule has 6 fully saturated rings. The van der Waals surface area contributed by atoms with E-state index >= 15 is 0 Å². The Labute approximate surface area is 184 Å². The molecule has 3 heteroatoms. The molecule has 0 bridgehead atoms. The van der Waals surface area contributed by atoms with Gasteiger partial charge < -0.3 is 10.2 Å².